The van der Waals surface area contributed by atoms with Gasteiger partial charge >= 0.3 is 0 Å². The largest absolute Gasteiger partial charge is 0.382 e. The average molecular weight is 557 g/mol. The molecular formula is C29H25ClN6O2S. The van der Waals surface area contributed by atoms with Crippen LogP contribution in [0, 0.1) is 6.92 Å². The number of hydrazone groups is 1. The third-order valence-electron chi connectivity index (χ3n) is 6.16. The Morgan fingerprint density at radius 3 is 2.31 bits per heavy atom. The van der Waals surface area contributed by atoms with Crippen molar-refractivity contribution in [3.8, 4) is 0 Å². The van der Waals surface area contributed by atoms with Crippen LogP contribution < -0.4 is 5.73 Å². The number of rotatable bonds is 5. The molecule has 1 atom stereocenters. The van der Waals surface area contributed by atoms with Gasteiger partial charge in [0.25, 0.3) is 16.0 Å². The maximum Gasteiger partial charge on any atom is 0.285 e. The molecule has 10 heteroatoms. The summed E-state index contributed by atoms with van der Waals surface area (Å²) >= 11 is 6.13. The number of hydrogen-bond donors (Lipinski definition) is 1. The molecule has 1 aromatic heterocycles. The molecule has 1 aliphatic rings. The van der Waals surface area contributed by atoms with Gasteiger partial charge in [0, 0.05) is 17.1 Å². The van der Waals surface area contributed by atoms with E-state index in [1.165, 1.54) is 17.1 Å². The van der Waals surface area contributed by atoms with E-state index in [1.807, 2.05) is 49.4 Å². The van der Waals surface area contributed by atoms with Crippen LogP contribution in [0.3, 0.4) is 0 Å². The number of aryl methyl sites for hydroxylation is 1. The first kappa shape index (κ1) is 26.3. The van der Waals surface area contributed by atoms with Crippen molar-refractivity contribution in [2.75, 3.05) is 6.54 Å². The molecule has 0 amide bonds. The van der Waals surface area contributed by atoms with Gasteiger partial charge in [0.2, 0.25) is 0 Å². The first-order chi connectivity index (χ1) is 18.8. The van der Waals surface area contributed by atoms with Crippen molar-refractivity contribution in [3.05, 3.63) is 131 Å². The number of sulfonamides is 1. The van der Waals surface area contributed by atoms with Gasteiger partial charge in [0.05, 0.1) is 17.2 Å². The second kappa shape index (κ2) is 11.2. The van der Waals surface area contributed by atoms with E-state index in [0.29, 0.717) is 17.3 Å². The summed E-state index contributed by atoms with van der Waals surface area (Å²) in [6, 6.07) is 28.8. The topological polar surface area (TPSA) is 113 Å². The Morgan fingerprint density at radius 2 is 1.64 bits per heavy atom. The molecule has 3 aromatic carbocycles. The van der Waals surface area contributed by atoms with Gasteiger partial charge in [0.15, 0.2) is 5.84 Å². The Labute approximate surface area is 232 Å². The second-order valence-electron chi connectivity index (χ2n) is 8.93. The molecular weight excluding hydrogens is 532 g/mol. The quantitative estimate of drug-likeness (QED) is 0.274. The van der Waals surface area contributed by atoms with Crippen LogP contribution in [0.15, 0.2) is 123 Å². The molecule has 39 heavy (non-hydrogen) atoms. The van der Waals surface area contributed by atoms with Crippen LogP contribution in [0.2, 0.25) is 5.02 Å². The number of benzene rings is 3. The summed E-state index contributed by atoms with van der Waals surface area (Å²) in [5.41, 5.74) is 10.2. The van der Waals surface area contributed by atoms with E-state index in [2.05, 4.69) is 14.4 Å². The molecule has 196 valence electrons. The molecule has 0 aliphatic carbocycles. The number of guanidine groups is 1. The second-order valence-corrected chi connectivity index (χ2v) is 11.0. The first-order valence-electron chi connectivity index (χ1n) is 12.1. The molecule has 0 fully saturated rings. The van der Waals surface area contributed by atoms with Crippen LogP contribution in [0.25, 0.3) is 0 Å². The number of halogens is 1. The van der Waals surface area contributed by atoms with Gasteiger partial charge in [-0.1, -0.05) is 77.8 Å². The van der Waals surface area contributed by atoms with Crippen molar-refractivity contribution < 1.29 is 8.42 Å². The van der Waals surface area contributed by atoms with Gasteiger partial charge in [0.1, 0.15) is 5.69 Å². The maximum absolute atomic E-state index is 13.4. The fraction of sp³-hybridized carbons (Fsp3) is 0.103. The summed E-state index contributed by atoms with van der Waals surface area (Å²) in [6.07, 6.45) is 1.58. The Bertz CT molecular complexity index is 1650. The SMILES string of the molecule is Cc1ccc(S(=O)(=O)N=C(N=C(N)c2ccccn2)N2C[C@H](c3ccccc3)C(c3ccc(Cl)cc3)=N2)cc1. The van der Waals surface area contributed by atoms with E-state index in [1.54, 1.807) is 48.7 Å². The normalized spacial score (nSPS) is 16.3. The molecule has 0 bridgehead atoms. The fourth-order valence-corrected chi connectivity index (χ4v) is 5.19. The van der Waals surface area contributed by atoms with E-state index in [-0.39, 0.29) is 22.6 Å². The van der Waals surface area contributed by atoms with Crippen LogP contribution in [0.1, 0.15) is 28.3 Å². The standard InChI is InChI=1S/C29H25ClN6O2S/c1-20-10-16-24(17-11-20)39(37,38)35-29(33-28(31)26-9-5-6-18-32-26)36-19-25(21-7-3-2-4-8-21)27(34-36)22-12-14-23(30)15-13-22/h2-18,25H,19H2,1H3,(H2,31,33,35)/t25-/m1/s1. The zero-order chi connectivity index (χ0) is 27.4. The Kier molecular flexibility index (Phi) is 7.53. The van der Waals surface area contributed by atoms with Crippen LogP contribution in [0.5, 0.6) is 0 Å². The number of aliphatic imine (C=N–C) groups is 1. The third-order valence-corrected chi connectivity index (χ3v) is 7.68. The average Bonchev–Trinajstić information content (AvgIpc) is 3.40. The van der Waals surface area contributed by atoms with Gasteiger partial charge in [-0.3, -0.25) is 4.98 Å². The highest BCUT2D eigenvalue weighted by molar-refractivity contribution is 7.90. The van der Waals surface area contributed by atoms with E-state index in [4.69, 9.17) is 22.4 Å². The smallest absolute Gasteiger partial charge is 0.285 e. The highest BCUT2D eigenvalue weighted by Gasteiger charge is 2.32. The Morgan fingerprint density at radius 1 is 0.949 bits per heavy atom. The molecule has 1 aliphatic heterocycles. The predicted octanol–water partition coefficient (Wildman–Crippen LogP) is 5.00. The molecule has 0 saturated carbocycles. The lowest BCUT2D eigenvalue weighted by molar-refractivity contribution is 0.470. The van der Waals surface area contributed by atoms with E-state index >= 15 is 0 Å². The summed E-state index contributed by atoms with van der Waals surface area (Å²) < 4.78 is 30.8. The van der Waals surface area contributed by atoms with Crippen LogP contribution in [-0.2, 0) is 10.0 Å². The van der Waals surface area contributed by atoms with Crippen molar-refractivity contribution in [1.29, 1.82) is 0 Å². The minimum Gasteiger partial charge on any atom is -0.382 e. The molecule has 4 aromatic rings. The summed E-state index contributed by atoms with van der Waals surface area (Å²) in [6.45, 7) is 2.17. The zero-order valence-corrected chi connectivity index (χ0v) is 22.6. The van der Waals surface area contributed by atoms with Gasteiger partial charge in [-0.2, -0.15) is 18.5 Å². The minimum atomic E-state index is -4.13. The molecule has 0 unspecified atom stereocenters. The highest BCUT2D eigenvalue weighted by Crippen LogP contribution is 2.30. The van der Waals surface area contributed by atoms with E-state index < -0.39 is 10.0 Å². The Balaban J connectivity index is 1.63. The summed E-state index contributed by atoms with van der Waals surface area (Å²) in [5.74, 6) is -0.339. The highest BCUT2D eigenvalue weighted by atomic mass is 35.5. The fourth-order valence-electron chi connectivity index (χ4n) is 4.13. The lowest BCUT2D eigenvalue weighted by Crippen LogP contribution is -2.28. The number of aromatic nitrogens is 1. The van der Waals surface area contributed by atoms with Crippen molar-refractivity contribution in [2.45, 2.75) is 17.7 Å². The van der Waals surface area contributed by atoms with E-state index in [0.717, 1.165) is 22.4 Å². The van der Waals surface area contributed by atoms with Gasteiger partial charge in [-0.15, -0.1) is 4.40 Å². The summed E-state index contributed by atoms with van der Waals surface area (Å²) in [7, 11) is -4.13. The van der Waals surface area contributed by atoms with Crippen LogP contribution >= 0.6 is 11.6 Å². The number of nitrogens with zero attached hydrogens (tertiary/aromatic N) is 5. The monoisotopic (exact) mass is 556 g/mol. The molecule has 0 saturated heterocycles. The number of amidine groups is 1. The molecule has 0 spiro atoms. The molecule has 0 radical (unpaired) electrons. The first-order valence-corrected chi connectivity index (χ1v) is 14.0. The van der Waals surface area contributed by atoms with E-state index in [9.17, 15) is 8.42 Å². The number of nitrogens with two attached hydrogens (primary N) is 1. The van der Waals surface area contributed by atoms with Crippen molar-refractivity contribution in [2.24, 2.45) is 20.2 Å². The predicted molar refractivity (Wildman–Crippen MR) is 155 cm³/mol. The van der Waals surface area contributed by atoms with Crippen molar-refractivity contribution in [3.63, 3.8) is 0 Å². The maximum atomic E-state index is 13.4. The Hall–Kier alpha value is -4.34. The summed E-state index contributed by atoms with van der Waals surface area (Å²) in [4.78, 5) is 8.70. The van der Waals surface area contributed by atoms with Gasteiger partial charge < -0.3 is 5.73 Å². The van der Waals surface area contributed by atoms with Crippen molar-refractivity contribution in [1.82, 2.24) is 9.99 Å². The van der Waals surface area contributed by atoms with Crippen LogP contribution in [0.4, 0.5) is 0 Å². The molecule has 2 heterocycles. The minimum absolute atomic E-state index is 0.0138. The third kappa shape index (κ3) is 6.05. The lowest BCUT2D eigenvalue weighted by Gasteiger charge is -2.16. The summed E-state index contributed by atoms with van der Waals surface area (Å²) in [5, 5.41) is 6.89. The van der Waals surface area contributed by atoms with Gasteiger partial charge in [-0.25, -0.2) is 5.01 Å². The molecule has 8 nitrogen and oxygen atoms in total. The lowest BCUT2D eigenvalue weighted by atomic mass is 9.91. The number of pyridine rings is 1. The van der Waals surface area contributed by atoms with Gasteiger partial charge in [-0.05, 0) is 54.4 Å². The number of hydrogen-bond acceptors (Lipinski definition) is 4. The zero-order valence-electron chi connectivity index (χ0n) is 21.0. The van der Waals surface area contributed by atoms with Crippen molar-refractivity contribution >= 4 is 39.1 Å². The van der Waals surface area contributed by atoms with Crippen LogP contribution in [-0.4, -0.2) is 42.5 Å². The molecule has 2 N–H and O–H groups in total. The molecule has 5 rings (SSSR count).